The van der Waals surface area contributed by atoms with E-state index in [1.54, 1.807) is 43.5 Å². The summed E-state index contributed by atoms with van der Waals surface area (Å²) in [6.45, 7) is 0. The lowest BCUT2D eigenvalue weighted by Gasteiger charge is -2.25. The first-order chi connectivity index (χ1) is 14.0. The van der Waals surface area contributed by atoms with Gasteiger partial charge in [-0.05, 0) is 36.4 Å². The smallest absolute Gasteiger partial charge is 0.240 e. The fraction of sp³-hybridized carbons (Fsp3) is 0.0870. The quantitative estimate of drug-likeness (QED) is 0.389. The Morgan fingerprint density at radius 2 is 1.76 bits per heavy atom. The molecule has 0 saturated carbocycles. The van der Waals surface area contributed by atoms with Crippen molar-refractivity contribution >= 4 is 46.5 Å². The number of hydrogen-bond acceptors (Lipinski definition) is 2. The molecule has 1 unspecified atom stereocenters. The minimum atomic E-state index is -0.541. The number of benzene rings is 2. The summed E-state index contributed by atoms with van der Waals surface area (Å²) in [5, 5.41) is -0.279. The summed E-state index contributed by atoms with van der Waals surface area (Å²) in [6.07, 6.45) is 5.08. The number of hydrogen-bond donors (Lipinski definition) is 0. The van der Waals surface area contributed by atoms with Crippen LogP contribution in [-0.4, -0.2) is 34.7 Å². The van der Waals surface area contributed by atoms with Gasteiger partial charge in [0, 0.05) is 11.1 Å². The molecule has 1 aliphatic carbocycles. The zero-order chi connectivity index (χ0) is 20.5. The van der Waals surface area contributed by atoms with Crippen molar-refractivity contribution in [2.45, 2.75) is 5.38 Å². The van der Waals surface area contributed by atoms with Gasteiger partial charge in [-0.25, -0.2) is 4.79 Å². The fourth-order valence-electron chi connectivity index (χ4n) is 3.23. The zero-order valence-corrected chi connectivity index (χ0v) is 16.9. The molecule has 0 radical (unpaired) electrons. The Balaban J connectivity index is 1.71. The minimum Gasteiger partial charge on any atom is -0.240 e. The Kier molecular flexibility index (Phi) is 5.10. The van der Waals surface area contributed by atoms with Crippen molar-refractivity contribution in [3.05, 3.63) is 88.5 Å². The van der Waals surface area contributed by atoms with Crippen molar-refractivity contribution < 1.29 is 14.2 Å². The van der Waals surface area contributed by atoms with Crippen LogP contribution in [0.4, 0.5) is 10.5 Å². The first-order valence-corrected chi connectivity index (χ1v) is 9.67. The molecule has 2 aliphatic rings. The van der Waals surface area contributed by atoms with E-state index >= 15 is 0 Å². The SMILES string of the molecule is C[N+]1=C2C(=CC=CC2Cl)C(=O)N(c2ccc(C#Cc3ccccc3)cc2Cl)C1=O. The molecule has 2 aromatic rings. The molecule has 1 heterocycles. The van der Waals surface area contributed by atoms with E-state index in [1.165, 1.54) is 4.58 Å². The lowest BCUT2D eigenvalue weighted by molar-refractivity contribution is -0.392. The molecule has 0 fully saturated rings. The molecule has 1 atom stereocenters. The maximum Gasteiger partial charge on any atom is 0.506 e. The van der Waals surface area contributed by atoms with Gasteiger partial charge in [-0.2, -0.15) is 9.37 Å². The predicted molar refractivity (Wildman–Crippen MR) is 115 cm³/mol. The number of fused-ring (bicyclic) bond motifs is 1. The van der Waals surface area contributed by atoms with Gasteiger partial charge in [0.15, 0.2) is 5.69 Å². The summed E-state index contributed by atoms with van der Waals surface area (Å²) in [5.41, 5.74) is 2.72. The third-order valence-electron chi connectivity index (χ3n) is 4.67. The molecule has 0 aromatic heterocycles. The number of urea groups is 1. The van der Waals surface area contributed by atoms with E-state index in [0.29, 0.717) is 22.5 Å². The van der Waals surface area contributed by atoms with Crippen LogP contribution in [-0.2, 0) is 4.79 Å². The van der Waals surface area contributed by atoms with E-state index in [0.717, 1.165) is 10.5 Å². The number of rotatable bonds is 1. The highest BCUT2D eigenvalue weighted by Crippen LogP contribution is 2.32. The summed E-state index contributed by atoms with van der Waals surface area (Å²) < 4.78 is 1.38. The third kappa shape index (κ3) is 3.51. The molecule has 0 N–H and O–H groups in total. The molecular weight excluding hydrogens is 407 g/mol. The molecular formula is C23H15Cl2N2O2+. The van der Waals surface area contributed by atoms with Crippen LogP contribution in [0, 0.1) is 11.8 Å². The number of nitrogens with zero attached hydrogens (tertiary/aromatic N) is 2. The standard InChI is InChI=1S/C23H15Cl2N2O2/c1-26-21-17(8-5-9-18(21)24)22(28)27(23(26)29)20-13-12-16(14-19(20)25)11-10-15-6-3-2-4-7-15/h2-9,12-14,18H,1H3/q+1. The third-order valence-corrected chi connectivity index (χ3v) is 5.32. The molecule has 6 heteroatoms. The largest absolute Gasteiger partial charge is 0.506 e. The van der Waals surface area contributed by atoms with E-state index in [4.69, 9.17) is 23.2 Å². The maximum absolute atomic E-state index is 13.0. The molecule has 29 heavy (non-hydrogen) atoms. The Morgan fingerprint density at radius 3 is 2.48 bits per heavy atom. The average Bonchev–Trinajstić information content (AvgIpc) is 2.72. The second-order valence-corrected chi connectivity index (χ2v) is 7.39. The molecule has 3 amide bonds. The zero-order valence-electron chi connectivity index (χ0n) is 15.4. The Morgan fingerprint density at radius 1 is 1.03 bits per heavy atom. The van der Waals surface area contributed by atoms with Crippen LogP contribution in [0.1, 0.15) is 11.1 Å². The number of imide groups is 1. The van der Waals surface area contributed by atoms with Crippen LogP contribution >= 0.6 is 23.2 Å². The summed E-state index contributed by atoms with van der Waals surface area (Å²) in [5.74, 6) is 5.64. The van der Waals surface area contributed by atoms with Crippen LogP contribution in [0.5, 0.6) is 0 Å². The van der Waals surface area contributed by atoms with Gasteiger partial charge in [0.1, 0.15) is 16.7 Å². The molecule has 0 saturated heterocycles. The lowest BCUT2D eigenvalue weighted by atomic mass is 9.98. The highest BCUT2D eigenvalue weighted by Gasteiger charge is 2.47. The number of allylic oxidation sites excluding steroid dienone is 3. The first-order valence-electron chi connectivity index (χ1n) is 8.86. The monoisotopic (exact) mass is 421 g/mol. The number of anilines is 1. The number of halogens is 2. The Hall–Kier alpha value is -3.13. The van der Waals surface area contributed by atoms with Gasteiger partial charge in [-0.15, -0.1) is 16.5 Å². The maximum atomic E-state index is 13.0. The summed E-state index contributed by atoms with van der Waals surface area (Å²) in [6, 6.07) is 14.1. The van der Waals surface area contributed by atoms with Crippen molar-refractivity contribution in [3.8, 4) is 11.8 Å². The molecule has 142 valence electrons. The van der Waals surface area contributed by atoms with Crippen molar-refractivity contribution in [1.29, 1.82) is 0 Å². The van der Waals surface area contributed by atoms with Crippen molar-refractivity contribution in [2.75, 3.05) is 11.9 Å². The van der Waals surface area contributed by atoms with Gasteiger partial charge in [-0.3, -0.25) is 0 Å². The second-order valence-electron chi connectivity index (χ2n) is 6.52. The fourth-order valence-corrected chi connectivity index (χ4v) is 3.84. The first kappa shape index (κ1) is 19.2. The molecule has 4 rings (SSSR count). The van der Waals surface area contributed by atoms with Gasteiger partial charge < -0.3 is 0 Å². The second kappa shape index (κ2) is 7.71. The predicted octanol–water partition coefficient (Wildman–Crippen LogP) is 4.39. The highest BCUT2D eigenvalue weighted by atomic mass is 35.5. The average molecular weight is 422 g/mol. The molecule has 0 bridgehead atoms. The minimum absolute atomic E-state index is 0.262. The van der Waals surface area contributed by atoms with Crippen LogP contribution in [0.2, 0.25) is 5.02 Å². The highest BCUT2D eigenvalue weighted by molar-refractivity contribution is 6.45. The van der Waals surface area contributed by atoms with Crippen molar-refractivity contribution in [2.24, 2.45) is 0 Å². The summed E-state index contributed by atoms with van der Waals surface area (Å²) in [4.78, 5) is 27.0. The van der Waals surface area contributed by atoms with E-state index in [9.17, 15) is 9.59 Å². The van der Waals surface area contributed by atoms with Crippen molar-refractivity contribution in [1.82, 2.24) is 0 Å². The Labute approximate surface area is 178 Å². The van der Waals surface area contributed by atoms with E-state index in [-0.39, 0.29) is 5.02 Å². The van der Waals surface area contributed by atoms with Gasteiger partial charge >= 0.3 is 11.9 Å². The molecule has 4 nitrogen and oxygen atoms in total. The number of amides is 3. The normalized spacial score (nSPS) is 18.2. The molecule has 2 aromatic carbocycles. The lowest BCUT2D eigenvalue weighted by Crippen LogP contribution is -2.52. The van der Waals surface area contributed by atoms with Crippen LogP contribution in [0.15, 0.2) is 72.3 Å². The van der Waals surface area contributed by atoms with Gasteiger partial charge in [-0.1, -0.05) is 53.8 Å². The van der Waals surface area contributed by atoms with E-state index < -0.39 is 17.3 Å². The van der Waals surface area contributed by atoms with Gasteiger partial charge in [0.25, 0.3) is 0 Å². The van der Waals surface area contributed by atoms with E-state index in [2.05, 4.69) is 11.8 Å². The summed E-state index contributed by atoms with van der Waals surface area (Å²) in [7, 11) is 1.59. The number of carbonyl (C=O) groups excluding carboxylic acids is 2. The van der Waals surface area contributed by atoms with Crippen LogP contribution < -0.4 is 4.90 Å². The summed E-state index contributed by atoms with van der Waals surface area (Å²) >= 11 is 12.7. The van der Waals surface area contributed by atoms with Gasteiger partial charge in [0.2, 0.25) is 0 Å². The molecule has 1 aliphatic heterocycles. The molecule has 0 spiro atoms. The number of alkyl halides is 1. The Bertz CT molecular complexity index is 1180. The topological polar surface area (TPSA) is 40.4 Å². The van der Waals surface area contributed by atoms with Crippen LogP contribution in [0.25, 0.3) is 0 Å². The van der Waals surface area contributed by atoms with Crippen molar-refractivity contribution in [3.63, 3.8) is 0 Å². The number of carbonyl (C=O) groups is 2. The van der Waals surface area contributed by atoms with Gasteiger partial charge in [0.05, 0.1) is 12.1 Å². The van der Waals surface area contributed by atoms with E-state index in [1.807, 2.05) is 30.3 Å². The van der Waals surface area contributed by atoms with Crippen LogP contribution in [0.3, 0.4) is 0 Å².